The molecule has 2 rings (SSSR count). The molecule has 0 aromatic heterocycles. The zero-order chi connectivity index (χ0) is 13.0. The molecule has 1 heterocycles. The van der Waals surface area contributed by atoms with Crippen molar-refractivity contribution in [3.8, 4) is 0 Å². The second-order valence-electron chi connectivity index (χ2n) is 5.68. The Balaban J connectivity index is 1.81. The van der Waals surface area contributed by atoms with Gasteiger partial charge in [0, 0.05) is 13.0 Å². The number of likely N-dealkylation sites (tertiary alicyclic amines) is 1. The van der Waals surface area contributed by atoms with E-state index in [0.29, 0.717) is 24.7 Å². The molecule has 98 valence electrons. The molecule has 0 spiro atoms. The van der Waals surface area contributed by atoms with E-state index in [4.69, 9.17) is 0 Å². The minimum atomic E-state index is 0.336. The second-order valence-corrected chi connectivity index (χ2v) is 5.68. The van der Waals surface area contributed by atoms with Gasteiger partial charge in [-0.2, -0.15) is 0 Å². The zero-order valence-corrected chi connectivity index (χ0v) is 11.4. The number of benzene rings is 1. The van der Waals surface area contributed by atoms with Crippen LogP contribution in [0.3, 0.4) is 0 Å². The van der Waals surface area contributed by atoms with Gasteiger partial charge in [0.2, 0.25) is 0 Å². The van der Waals surface area contributed by atoms with Gasteiger partial charge in [-0.05, 0) is 30.4 Å². The monoisotopic (exact) mass is 245 g/mol. The molecule has 0 radical (unpaired) electrons. The van der Waals surface area contributed by atoms with Crippen LogP contribution in [0.15, 0.2) is 30.3 Å². The molecule has 2 heteroatoms. The Morgan fingerprint density at radius 1 is 1.22 bits per heavy atom. The summed E-state index contributed by atoms with van der Waals surface area (Å²) >= 11 is 0. The van der Waals surface area contributed by atoms with Crippen LogP contribution in [0.5, 0.6) is 0 Å². The first kappa shape index (κ1) is 13.3. The number of piperidine rings is 1. The Morgan fingerprint density at radius 3 is 2.61 bits per heavy atom. The van der Waals surface area contributed by atoms with E-state index < -0.39 is 0 Å². The summed E-state index contributed by atoms with van der Waals surface area (Å²) in [5.41, 5.74) is 1.13. The molecule has 1 aliphatic heterocycles. The number of carbonyl (C=O) groups is 1. The number of Topliss-reactive ketones (excluding diaryl/α,β-unsaturated/α-hetero) is 1. The van der Waals surface area contributed by atoms with Crippen molar-refractivity contribution in [1.29, 1.82) is 0 Å². The van der Waals surface area contributed by atoms with Gasteiger partial charge in [0.25, 0.3) is 0 Å². The summed E-state index contributed by atoms with van der Waals surface area (Å²) in [6.45, 7) is 7.37. The average molecular weight is 245 g/mol. The number of ketones is 1. The summed E-state index contributed by atoms with van der Waals surface area (Å²) in [6.07, 6.45) is 1.79. The van der Waals surface area contributed by atoms with E-state index in [1.807, 2.05) is 30.3 Å². The third-order valence-corrected chi connectivity index (χ3v) is 4.06. The van der Waals surface area contributed by atoms with Crippen molar-refractivity contribution in [2.24, 2.45) is 11.8 Å². The lowest BCUT2D eigenvalue weighted by molar-refractivity contribution is -0.120. The Labute approximate surface area is 110 Å². The summed E-state index contributed by atoms with van der Waals surface area (Å²) in [7, 11) is 0. The normalized spacial score (nSPS) is 25.0. The van der Waals surface area contributed by atoms with E-state index in [0.717, 1.165) is 24.6 Å². The zero-order valence-electron chi connectivity index (χ0n) is 11.4. The molecule has 1 aromatic rings. The average Bonchev–Trinajstić information content (AvgIpc) is 2.35. The van der Waals surface area contributed by atoms with Crippen molar-refractivity contribution >= 4 is 5.78 Å². The molecule has 1 fully saturated rings. The Bertz CT molecular complexity index is 387. The molecule has 1 saturated heterocycles. The molecule has 1 aromatic carbocycles. The van der Waals surface area contributed by atoms with Gasteiger partial charge >= 0.3 is 0 Å². The summed E-state index contributed by atoms with van der Waals surface area (Å²) in [6, 6.07) is 10.0. The SMILES string of the molecule is CC1CCN(CC(=O)Cc2ccccc2)CC1C. The predicted molar refractivity (Wildman–Crippen MR) is 74.5 cm³/mol. The quantitative estimate of drug-likeness (QED) is 0.813. The fourth-order valence-corrected chi connectivity index (χ4v) is 2.62. The van der Waals surface area contributed by atoms with Gasteiger partial charge in [0.05, 0.1) is 6.54 Å². The molecule has 0 amide bonds. The van der Waals surface area contributed by atoms with Gasteiger partial charge in [0.15, 0.2) is 5.78 Å². The Hall–Kier alpha value is -1.15. The maximum atomic E-state index is 12.0. The third-order valence-electron chi connectivity index (χ3n) is 4.06. The number of nitrogens with zero attached hydrogens (tertiary/aromatic N) is 1. The van der Waals surface area contributed by atoms with E-state index in [2.05, 4.69) is 18.7 Å². The van der Waals surface area contributed by atoms with Gasteiger partial charge < -0.3 is 0 Å². The van der Waals surface area contributed by atoms with Crippen LogP contribution in [0.4, 0.5) is 0 Å². The van der Waals surface area contributed by atoms with Crippen LogP contribution in [-0.4, -0.2) is 30.3 Å². The molecule has 2 unspecified atom stereocenters. The molecular weight excluding hydrogens is 222 g/mol. The largest absolute Gasteiger partial charge is 0.298 e. The standard InChI is InChI=1S/C16H23NO/c1-13-8-9-17(11-14(13)2)12-16(18)10-15-6-4-3-5-7-15/h3-7,13-14H,8-12H2,1-2H3. The van der Waals surface area contributed by atoms with Crippen molar-refractivity contribution in [3.63, 3.8) is 0 Å². The first-order valence-corrected chi connectivity index (χ1v) is 6.93. The van der Waals surface area contributed by atoms with E-state index in [1.54, 1.807) is 0 Å². The molecule has 18 heavy (non-hydrogen) atoms. The maximum absolute atomic E-state index is 12.0. The first-order chi connectivity index (χ1) is 8.65. The molecule has 0 N–H and O–H groups in total. The van der Waals surface area contributed by atoms with Gasteiger partial charge in [-0.1, -0.05) is 44.2 Å². The first-order valence-electron chi connectivity index (χ1n) is 6.93. The van der Waals surface area contributed by atoms with Gasteiger partial charge in [-0.25, -0.2) is 0 Å². The van der Waals surface area contributed by atoms with E-state index >= 15 is 0 Å². The topological polar surface area (TPSA) is 20.3 Å². The van der Waals surface area contributed by atoms with Gasteiger partial charge in [-0.15, -0.1) is 0 Å². The van der Waals surface area contributed by atoms with Crippen LogP contribution >= 0.6 is 0 Å². The van der Waals surface area contributed by atoms with Crippen molar-refractivity contribution in [3.05, 3.63) is 35.9 Å². The summed E-state index contributed by atoms with van der Waals surface area (Å²) in [5, 5.41) is 0. The van der Waals surface area contributed by atoms with Crippen LogP contribution in [0, 0.1) is 11.8 Å². The van der Waals surface area contributed by atoms with Crippen LogP contribution in [0.1, 0.15) is 25.8 Å². The highest BCUT2D eigenvalue weighted by atomic mass is 16.1. The minimum absolute atomic E-state index is 0.336. The van der Waals surface area contributed by atoms with E-state index in [-0.39, 0.29) is 0 Å². The van der Waals surface area contributed by atoms with Gasteiger partial charge in [-0.3, -0.25) is 9.69 Å². The number of hydrogen-bond donors (Lipinski definition) is 0. The van der Waals surface area contributed by atoms with Crippen LogP contribution < -0.4 is 0 Å². The number of hydrogen-bond acceptors (Lipinski definition) is 2. The van der Waals surface area contributed by atoms with Crippen LogP contribution in [-0.2, 0) is 11.2 Å². The summed E-state index contributed by atoms with van der Waals surface area (Å²) < 4.78 is 0. The van der Waals surface area contributed by atoms with Crippen molar-refractivity contribution in [2.75, 3.05) is 19.6 Å². The highest BCUT2D eigenvalue weighted by molar-refractivity contribution is 5.82. The summed E-state index contributed by atoms with van der Waals surface area (Å²) in [4.78, 5) is 14.3. The second kappa shape index (κ2) is 6.14. The Kier molecular flexibility index (Phi) is 4.54. The molecule has 0 saturated carbocycles. The molecule has 2 nitrogen and oxygen atoms in total. The fraction of sp³-hybridized carbons (Fsp3) is 0.562. The number of carbonyl (C=O) groups excluding carboxylic acids is 1. The number of rotatable bonds is 4. The highest BCUT2D eigenvalue weighted by Gasteiger charge is 2.23. The lowest BCUT2D eigenvalue weighted by Crippen LogP contribution is -2.41. The fourth-order valence-electron chi connectivity index (χ4n) is 2.62. The van der Waals surface area contributed by atoms with Crippen LogP contribution in [0.2, 0.25) is 0 Å². The molecule has 2 atom stereocenters. The smallest absolute Gasteiger partial charge is 0.151 e. The van der Waals surface area contributed by atoms with Crippen molar-refractivity contribution < 1.29 is 4.79 Å². The predicted octanol–water partition coefficient (Wildman–Crippen LogP) is 2.78. The minimum Gasteiger partial charge on any atom is -0.298 e. The third kappa shape index (κ3) is 3.67. The van der Waals surface area contributed by atoms with Crippen LogP contribution in [0.25, 0.3) is 0 Å². The Morgan fingerprint density at radius 2 is 1.94 bits per heavy atom. The lowest BCUT2D eigenvalue weighted by atomic mass is 9.88. The van der Waals surface area contributed by atoms with E-state index in [9.17, 15) is 4.79 Å². The van der Waals surface area contributed by atoms with E-state index in [1.165, 1.54) is 6.42 Å². The highest BCUT2D eigenvalue weighted by Crippen LogP contribution is 2.22. The van der Waals surface area contributed by atoms with Crippen molar-refractivity contribution in [1.82, 2.24) is 4.90 Å². The molecule has 0 aliphatic carbocycles. The lowest BCUT2D eigenvalue weighted by Gasteiger charge is -2.34. The molecular formula is C16H23NO. The summed E-state index contributed by atoms with van der Waals surface area (Å²) in [5.74, 6) is 1.84. The molecule has 1 aliphatic rings. The van der Waals surface area contributed by atoms with Crippen molar-refractivity contribution in [2.45, 2.75) is 26.7 Å². The maximum Gasteiger partial charge on any atom is 0.151 e. The molecule has 0 bridgehead atoms. The van der Waals surface area contributed by atoms with Gasteiger partial charge in [0.1, 0.15) is 0 Å².